The van der Waals surface area contributed by atoms with E-state index in [1.807, 2.05) is 19.1 Å². The van der Waals surface area contributed by atoms with Gasteiger partial charge in [0, 0.05) is 11.3 Å². The van der Waals surface area contributed by atoms with Crippen molar-refractivity contribution in [1.82, 2.24) is 0 Å². The fourth-order valence-corrected chi connectivity index (χ4v) is 1.32. The summed E-state index contributed by atoms with van der Waals surface area (Å²) in [5.41, 5.74) is 8.02. The van der Waals surface area contributed by atoms with Gasteiger partial charge in [-0.3, -0.25) is 0 Å². The Kier molecular flexibility index (Phi) is 1.77. The molecule has 0 aliphatic carbocycles. The summed E-state index contributed by atoms with van der Waals surface area (Å²) in [7, 11) is -0.823. The van der Waals surface area contributed by atoms with E-state index >= 15 is 0 Å². The van der Waals surface area contributed by atoms with E-state index in [1.54, 1.807) is 12.1 Å². The summed E-state index contributed by atoms with van der Waals surface area (Å²) in [5, 5.41) is 9.37. The molecule has 66 valence electrons. The molecule has 0 saturated carbocycles. The van der Waals surface area contributed by atoms with Gasteiger partial charge in [0.1, 0.15) is 5.75 Å². The molecule has 0 saturated heterocycles. The molecule has 0 atom stereocenters. The van der Waals surface area contributed by atoms with Crippen LogP contribution in [-0.2, 0) is 0 Å². The van der Waals surface area contributed by atoms with Crippen LogP contribution in [0.25, 0.3) is 6.08 Å². The highest BCUT2D eigenvalue weighted by Gasteiger charge is 2.23. The summed E-state index contributed by atoms with van der Waals surface area (Å²) in [6, 6.07) is 5.33. The second-order valence-electron chi connectivity index (χ2n) is 3.16. The van der Waals surface area contributed by atoms with Crippen molar-refractivity contribution in [3.05, 3.63) is 29.2 Å². The number of hydrogen-bond acceptors (Lipinski definition) is 3. The van der Waals surface area contributed by atoms with E-state index < -0.39 is 7.12 Å². The number of nitrogen functional groups attached to an aromatic ring is 1. The van der Waals surface area contributed by atoms with Gasteiger partial charge in [0.15, 0.2) is 0 Å². The molecule has 0 aromatic heterocycles. The maximum Gasteiger partial charge on any atom is 0.555 e. The highest BCUT2D eigenvalue weighted by molar-refractivity contribution is 6.54. The van der Waals surface area contributed by atoms with Crippen LogP contribution in [0.15, 0.2) is 23.7 Å². The van der Waals surface area contributed by atoms with E-state index in [4.69, 9.17) is 10.4 Å². The highest BCUT2D eigenvalue weighted by atomic mass is 16.5. The number of hydrogen-bond donors (Lipinski definition) is 2. The Morgan fingerprint density at radius 2 is 2.23 bits per heavy atom. The maximum absolute atomic E-state index is 9.37. The zero-order valence-corrected chi connectivity index (χ0v) is 7.32. The maximum atomic E-state index is 9.37. The van der Waals surface area contributed by atoms with Gasteiger partial charge in [-0.1, -0.05) is 6.08 Å². The number of nitrogens with two attached hydrogens (primary N) is 1. The Bertz CT molecular complexity index is 376. The van der Waals surface area contributed by atoms with Crippen LogP contribution in [0.5, 0.6) is 5.75 Å². The largest absolute Gasteiger partial charge is 0.555 e. The molecular formula is C9H10BNO2. The van der Waals surface area contributed by atoms with Crippen molar-refractivity contribution in [3.63, 3.8) is 0 Å². The average Bonchev–Trinajstić information content (AvgIpc) is 2.08. The molecule has 1 aliphatic rings. The molecule has 0 bridgehead atoms. The summed E-state index contributed by atoms with van der Waals surface area (Å²) in [6.45, 7) is 1.82. The molecule has 4 heteroatoms. The molecule has 3 nitrogen and oxygen atoms in total. The lowest BCUT2D eigenvalue weighted by Crippen LogP contribution is -2.26. The van der Waals surface area contributed by atoms with E-state index in [0.717, 1.165) is 11.0 Å². The summed E-state index contributed by atoms with van der Waals surface area (Å²) < 4.78 is 5.23. The van der Waals surface area contributed by atoms with Crippen molar-refractivity contribution in [2.75, 3.05) is 5.73 Å². The van der Waals surface area contributed by atoms with Gasteiger partial charge < -0.3 is 15.4 Å². The lowest BCUT2D eigenvalue weighted by Gasteiger charge is -2.18. The van der Waals surface area contributed by atoms with Crippen LogP contribution < -0.4 is 10.4 Å². The van der Waals surface area contributed by atoms with Gasteiger partial charge in [-0.15, -0.1) is 0 Å². The lowest BCUT2D eigenvalue weighted by molar-refractivity contribution is 0.423. The van der Waals surface area contributed by atoms with Gasteiger partial charge in [-0.05, 0) is 30.6 Å². The molecule has 0 amide bonds. The van der Waals surface area contributed by atoms with Crippen molar-refractivity contribution in [3.8, 4) is 5.75 Å². The van der Waals surface area contributed by atoms with E-state index in [1.165, 1.54) is 0 Å². The lowest BCUT2D eigenvalue weighted by atomic mass is 9.76. The third-order valence-electron chi connectivity index (χ3n) is 2.05. The monoisotopic (exact) mass is 175 g/mol. The van der Waals surface area contributed by atoms with Gasteiger partial charge in [0.25, 0.3) is 0 Å². The molecule has 0 unspecified atom stereocenters. The summed E-state index contributed by atoms with van der Waals surface area (Å²) in [4.78, 5) is 0. The minimum Gasteiger partial charge on any atom is -0.532 e. The van der Waals surface area contributed by atoms with Crippen LogP contribution in [0.4, 0.5) is 5.69 Å². The Balaban J connectivity index is 2.51. The predicted octanol–water partition coefficient (Wildman–Crippen LogP) is 1.08. The standard InChI is InChI=1S/C9H10BNO2/c1-6-4-7-5-8(11)2-3-9(7)13-10(6)12/h2-5,12H,11H2,1H3. The van der Waals surface area contributed by atoms with Crippen molar-refractivity contribution < 1.29 is 9.68 Å². The number of rotatable bonds is 0. The van der Waals surface area contributed by atoms with Crippen molar-refractivity contribution in [1.29, 1.82) is 0 Å². The molecule has 2 rings (SSSR count). The van der Waals surface area contributed by atoms with Crippen LogP contribution in [0.3, 0.4) is 0 Å². The summed E-state index contributed by atoms with van der Waals surface area (Å²) >= 11 is 0. The summed E-state index contributed by atoms with van der Waals surface area (Å²) in [5.74, 6) is 0.673. The van der Waals surface area contributed by atoms with Crippen molar-refractivity contribution in [2.24, 2.45) is 0 Å². The first-order valence-corrected chi connectivity index (χ1v) is 4.09. The van der Waals surface area contributed by atoms with Gasteiger partial charge in [0.2, 0.25) is 0 Å². The van der Waals surface area contributed by atoms with E-state index in [9.17, 15) is 5.02 Å². The average molecular weight is 175 g/mol. The molecule has 3 N–H and O–H groups in total. The number of allylic oxidation sites excluding steroid dienone is 1. The molecular weight excluding hydrogens is 165 g/mol. The minimum atomic E-state index is -0.823. The minimum absolute atomic E-state index is 0.673. The first-order chi connectivity index (χ1) is 6.16. The van der Waals surface area contributed by atoms with Gasteiger partial charge >= 0.3 is 7.12 Å². The number of anilines is 1. The van der Waals surface area contributed by atoms with E-state index in [2.05, 4.69) is 0 Å². The fourth-order valence-electron chi connectivity index (χ4n) is 1.32. The first kappa shape index (κ1) is 8.20. The highest BCUT2D eigenvalue weighted by Crippen LogP contribution is 2.28. The van der Waals surface area contributed by atoms with E-state index in [-0.39, 0.29) is 0 Å². The SMILES string of the molecule is CC1=Cc2cc(N)ccc2OB1O. The second-order valence-corrected chi connectivity index (χ2v) is 3.16. The van der Waals surface area contributed by atoms with Crippen LogP contribution in [-0.4, -0.2) is 12.1 Å². The summed E-state index contributed by atoms with van der Waals surface area (Å²) in [6.07, 6.45) is 1.87. The number of benzene rings is 1. The molecule has 1 aliphatic heterocycles. The smallest absolute Gasteiger partial charge is 0.532 e. The van der Waals surface area contributed by atoms with E-state index in [0.29, 0.717) is 11.4 Å². The normalized spacial score (nSPS) is 14.6. The Morgan fingerprint density at radius 1 is 1.46 bits per heavy atom. The topological polar surface area (TPSA) is 55.5 Å². The van der Waals surface area contributed by atoms with Crippen LogP contribution in [0.2, 0.25) is 0 Å². The Hall–Kier alpha value is -1.42. The molecule has 1 aromatic carbocycles. The Morgan fingerprint density at radius 3 is 3.00 bits per heavy atom. The Labute approximate surface area is 77.0 Å². The molecule has 0 spiro atoms. The van der Waals surface area contributed by atoms with Gasteiger partial charge in [0.05, 0.1) is 0 Å². The third kappa shape index (κ3) is 1.40. The number of fused-ring (bicyclic) bond motifs is 1. The van der Waals surface area contributed by atoms with Crippen LogP contribution in [0, 0.1) is 0 Å². The molecule has 0 radical (unpaired) electrons. The van der Waals surface area contributed by atoms with Gasteiger partial charge in [-0.25, -0.2) is 0 Å². The third-order valence-corrected chi connectivity index (χ3v) is 2.05. The zero-order chi connectivity index (χ0) is 9.42. The van der Waals surface area contributed by atoms with Gasteiger partial charge in [-0.2, -0.15) is 0 Å². The predicted molar refractivity (Wildman–Crippen MR) is 53.1 cm³/mol. The zero-order valence-electron chi connectivity index (χ0n) is 7.32. The molecule has 0 fully saturated rings. The van der Waals surface area contributed by atoms with Crippen molar-refractivity contribution in [2.45, 2.75) is 6.92 Å². The van der Waals surface area contributed by atoms with Crippen molar-refractivity contribution >= 4 is 18.9 Å². The molecule has 13 heavy (non-hydrogen) atoms. The van der Waals surface area contributed by atoms with Crippen LogP contribution >= 0.6 is 0 Å². The molecule has 1 heterocycles. The quantitative estimate of drug-likeness (QED) is 0.458. The second kappa shape index (κ2) is 2.82. The fraction of sp³-hybridized carbons (Fsp3) is 0.111. The van der Waals surface area contributed by atoms with Crippen LogP contribution in [0.1, 0.15) is 12.5 Å². The first-order valence-electron chi connectivity index (χ1n) is 4.09. The molecule has 1 aromatic rings.